The minimum atomic E-state index is -0.173. The zero-order valence-electron chi connectivity index (χ0n) is 28.3. The normalized spacial score (nSPS) is 14.0. The third-order valence-electron chi connectivity index (χ3n) is 8.68. The highest BCUT2D eigenvalue weighted by Crippen LogP contribution is 2.43. The first-order valence-electron chi connectivity index (χ1n) is 15.9. The Morgan fingerprint density at radius 3 is 2.00 bits per heavy atom. The summed E-state index contributed by atoms with van der Waals surface area (Å²) >= 11 is 0. The minimum Gasteiger partial charge on any atom is -0.497 e. The molecule has 0 radical (unpaired) electrons. The zero-order chi connectivity index (χ0) is 33.4. The lowest BCUT2D eigenvalue weighted by Gasteiger charge is -2.27. The Kier molecular flexibility index (Phi) is 8.56. The quantitative estimate of drug-likeness (QED) is 0.144. The summed E-state index contributed by atoms with van der Waals surface area (Å²) in [6, 6.07) is 26.0. The lowest BCUT2D eigenvalue weighted by Crippen LogP contribution is -2.29. The molecule has 0 spiro atoms. The maximum absolute atomic E-state index is 14.8. The van der Waals surface area contributed by atoms with Crippen LogP contribution < -0.4 is 15.0 Å². The summed E-state index contributed by atoms with van der Waals surface area (Å²) in [6.45, 7) is 14.6. The maximum Gasteiger partial charge on any atom is 0.265 e. The van der Waals surface area contributed by atoms with E-state index >= 15 is 0 Å². The van der Waals surface area contributed by atoms with Crippen molar-refractivity contribution in [1.29, 1.82) is 0 Å². The first-order chi connectivity index (χ1) is 22.6. The van der Waals surface area contributed by atoms with Gasteiger partial charge < -0.3 is 14.8 Å². The number of nitrogens with one attached hydrogen (secondary N) is 1. The van der Waals surface area contributed by atoms with Gasteiger partial charge in [-0.25, -0.2) is 9.98 Å². The van der Waals surface area contributed by atoms with Crippen LogP contribution in [0.2, 0.25) is 0 Å². The number of ether oxygens (including phenoxy) is 2. The topological polar surface area (TPSA) is 76.0 Å². The van der Waals surface area contributed by atoms with E-state index in [0.29, 0.717) is 40.9 Å². The standard InChI is InChI=1S/C40H40N4O3/c1-9-47-39(43-34-25(4)15-11-16-26(34)5)36(42-33-23(2)13-10-14-24(33)3)38-35-31(22-29-21-30(46-8)19-20-32(29)41-35)40(45)44(38)37-27(6)17-12-18-28(37)7/h10-22,42H,9H2,1-8H3/b38-36+,43-39?. The Morgan fingerprint density at radius 2 is 1.40 bits per heavy atom. The molecule has 1 aliphatic heterocycles. The number of carbonyl (C=O) groups excluding carboxylic acids is 1. The summed E-state index contributed by atoms with van der Waals surface area (Å²) in [5.41, 5.74) is 11.5. The molecule has 1 aromatic heterocycles. The van der Waals surface area contributed by atoms with Crippen LogP contribution in [-0.4, -0.2) is 30.5 Å². The molecule has 2 heterocycles. The highest BCUT2D eigenvalue weighted by Gasteiger charge is 2.40. The van der Waals surface area contributed by atoms with E-state index in [9.17, 15) is 4.79 Å². The third kappa shape index (κ3) is 5.74. The van der Waals surface area contributed by atoms with Crippen molar-refractivity contribution in [3.63, 3.8) is 0 Å². The monoisotopic (exact) mass is 624 g/mol. The molecule has 238 valence electrons. The molecule has 1 amide bonds. The number of benzene rings is 4. The molecular weight excluding hydrogens is 584 g/mol. The van der Waals surface area contributed by atoms with Crippen LogP contribution in [0.25, 0.3) is 16.6 Å². The van der Waals surface area contributed by atoms with Crippen molar-refractivity contribution in [3.05, 3.63) is 129 Å². The van der Waals surface area contributed by atoms with Crippen molar-refractivity contribution >= 4 is 45.5 Å². The van der Waals surface area contributed by atoms with E-state index in [-0.39, 0.29) is 5.91 Å². The van der Waals surface area contributed by atoms with E-state index in [0.717, 1.165) is 61.3 Å². The molecule has 7 nitrogen and oxygen atoms in total. The second-order valence-corrected chi connectivity index (χ2v) is 12.0. The smallest absolute Gasteiger partial charge is 0.265 e. The maximum atomic E-state index is 14.8. The molecule has 1 aliphatic rings. The van der Waals surface area contributed by atoms with Crippen LogP contribution in [0.5, 0.6) is 5.75 Å². The van der Waals surface area contributed by atoms with Crippen molar-refractivity contribution in [2.24, 2.45) is 4.99 Å². The van der Waals surface area contributed by atoms with E-state index in [1.807, 2.05) is 101 Å². The summed E-state index contributed by atoms with van der Waals surface area (Å²) in [5, 5.41) is 4.56. The van der Waals surface area contributed by atoms with Crippen molar-refractivity contribution in [2.75, 3.05) is 23.9 Å². The van der Waals surface area contributed by atoms with Crippen molar-refractivity contribution in [1.82, 2.24) is 4.98 Å². The van der Waals surface area contributed by atoms with Crippen LogP contribution in [0, 0.1) is 41.5 Å². The molecule has 0 saturated heterocycles. The van der Waals surface area contributed by atoms with Crippen molar-refractivity contribution in [3.8, 4) is 5.75 Å². The number of carbonyl (C=O) groups is 1. The van der Waals surface area contributed by atoms with E-state index < -0.39 is 0 Å². The van der Waals surface area contributed by atoms with Gasteiger partial charge in [-0.15, -0.1) is 0 Å². The van der Waals surface area contributed by atoms with E-state index in [1.54, 1.807) is 12.0 Å². The molecule has 7 heteroatoms. The van der Waals surface area contributed by atoms with Gasteiger partial charge in [0.2, 0.25) is 5.90 Å². The molecular formula is C40H40N4O3. The number of hydrogen-bond acceptors (Lipinski definition) is 6. The van der Waals surface area contributed by atoms with Crippen molar-refractivity contribution in [2.45, 2.75) is 48.5 Å². The Bertz CT molecular complexity index is 2050. The first-order valence-corrected chi connectivity index (χ1v) is 15.9. The summed E-state index contributed by atoms with van der Waals surface area (Å²) in [7, 11) is 1.63. The molecule has 0 unspecified atom stereocenters. The number of aromatic nitrogens is 1. The Labute approximate surface area is 276 Å². The van der Waals surface area contributed by atoms with Gasteiger partial charge in [0.05, 0.1) is 36.2 Å². The number of nitrogens with zero attached hydrogens (tertiary/aromatic N) is 3. The average Bonchev–Trinajstić information content (AvgIpc) is 3.31. The molecule has 0 atom stereocenters. The Hall–Kier alpha value is -5.43. The molecule has 1 N–H and O–H groups in total. The van der Waals surface area contributed by atoms with Crippen LogP contribution in [0.1, 0.15) is 56.4 Å². The van der Waals surface area contributed by atoms with E-state index in [4.69, 9.17) is 19.5 Å². The number of fused-ring (bicyclic) bond motifs is 2. The van der Waals surface area contributed by atoms with Gasteiger partial charge in [-0.2, -0.15) is 0 Å². The van der Waals surface area contributed by atoms with Crippen LogP contribution in [0.3, 0.4) is 0 Å². The average molecular weight is 625 g/mol. The number of anilines is 2. The number of aliphatic imine (C=N–C) groups is 1. The third-order valence-corrected chi connectivity index (χ3v) is 8.68. The Balaban J connectivity index is 1.77. The molecule has 0 bridgehead atoms. The van der Waals surface area contributed by atoms with Gasteiger partial charge in [-0.3, -0.25) is 9.69 Å². The number of aryl methyl sites for hydroxylation is 6. The molecule has 5 aromatic rings. The lowest BCUT2D eigenvalue weighted by atomic mass is 10.1. The molecule has 6 rings (SSSR count). The van der Waals surface area contributed by atoms with Crippen LogP contribution in [0.4, 0.5) is 17.1 Å². The number of pyridine rings is 1. The van der Waals surface area contributed by atoms with Gasteiger partial charge in [-0.1, -0.05) is 54.6 Å². The number of amides is 1. The fourth-order valence-electron chi connectivity index (χ4n) is 6.29. The summed E-state index contributed by atoms with van der Waals surface area (Å²) in [4.78, 5) is 26.9. The molecule has 0 saturated carbocycles. The second-order valence-electron chi connectivity index (χ2n) is 12.0. The van der Waals surface area contributed by atoms with Crippen LogP contribution >= 0.6 is 0 Å². The second kappa shape index (κ2) is 12.8. The highest BCUT2D eigenvalue weighted by molar-refractivity contribution is 6.26. The van der Waals surface area contributed by atoms with Gasteiger partial charge in [0.15, 0.2) is 0 Å². The molecule has 0 fully saturated rings. The summed E-state index contributed by atoms with van der Waals surface area (Å²) in [5.74, 6) is 0.897. The predicted molar refractivity (Wildman–Crippen MR) is 192 cm³/mol. The highest BCUT2D eigenvalue weighted by atomic mass is 16.5. The summed E-state index contributed by atoms with van der Waals surface area (Å²) in [6.07, 6.45) is 0. The Morgan fingerprint density at radius 1 is 0.809 bits per heavy atom. The van der Waals surface area contributed by atoms with Gasteiger partial charge in [0.25, 0.3) is 5.91 Å². The largest absolute Gasteiger partial charge is 0.497 e. The molecule has 4 aromatic carbocycles. The molecule has 47 heavy (non-hydrogen) atoms. The van der Waals surface area contributed by atoms with E-state index in [1.165, 1.54) is 0 Å². The predicted octanol–water partition coefficient (Wildman–Crippen LogP) is 9.30. The van der Waals surface area contributed by atoms with Gasteiger partial charge >= 0.3 is 0 Å². The van der Waals surface area contributed by atoms with Gasteiger partial charge in [0, 0.05) is 11.1 Å². The number of para-hydroxylation sites is 3. The van der Waals surface area contributed by atoms with Crippen LogP contribution in [-0.2, 0) is 4.74 Å². The molecule has 0 aliphatic carbocycles. The van der Waals surface area contributed by atoms with E-state index in [2.05, 4.69) is 31.3 Å². The first kappa shape index (κ1) is 31.5. The number of hydrogen-bond donors (Lipinski definition) is 1. The zero-order valence-corrected chi connectivity index (χ0v) is 28.3. The minimum absolute atomic E-state index is 0.173. The lowest BCUT2D eigenvalue weighted by molar-refractivity contribution is 0.101. The fraction of sp³-hybridized carbons (Fsp3) is 0.225. The van der Waals surface area contributed by atoms with Gasteiger partial charge in [0.1, 0.15) is 22.8 Å². The van der Waals surface area contributed by atoms with Crippen LogP contribution in [0.15, 0.2) is 89.6 Å². The number of rotatable bonds is 7. The number of methoxy groups -OCH3 is 1. The SMILES string of the molecule is CCOC(=Nc1c(C)cccc1C)/C(Nc1c(C)cccc1C)=C1/c2nc3ccc(OC)cc3cc2C(=O)N1c1c(C)cccc1C. The van der Waals surface area contributed by atoms with Gasteiger partial charge in [-0.05, 0) is 106 Å². The summed E-state index contributed by atoms with van der Waals surface area (Å²) < 4.78 is 11.9. The van der Waals surface area contributed by atoms with Crippen molar-refractivity contribution < 1.29 is 14.3 Å². The fourth-order valence-corrected chi connectivity index (χ4v) is 6.29.